The Bertz CT molecular complexity index is 581. The summed E-state index contributed by atoms with van der Waals surface area (Å²) in [4.78, 5) is 0. The molecule has 3 unspecified atom stereocenters. The molecule has 1 aliphatic carbocycles. The van der Waals surface area contributed by atoms with Crippen LogP contribution in [0.3, 0.4) is 0 Å². The Hall–Kier alpha value is -1.25. The lowest BCUT2D eigenvalue weighted by Gasteiger charge is -2.36. The molecule has 0 bridgehead atoms. The lowest BCUT2D eigenvalue weighted by atomic mass is 9.81. The van der Waals surface area contributed by atoms with Crippen LogP contribution in [0.2, 0.25) is 0 Å². The molecular formula is C19H23NS. The van der Waals surface area contributed by atoms with Gasteiger partial charge in [0.15, 0.2) is 0 Å². The maximum Gasteiger partial charge on any atom is 0.0441 e. The topological polar surface area (TPSA) is 12.0 Å². The van der Waals surface area contributed by atoms with Crippen LogP contribution in [0.25, 0.3) is 0 Å². The van der Waals surface area contributed by atoms with Crippen molar-refractivity contribution in [2.45, 2.75) is 36.3 Å². The van der Waals surface area contributed by atoms with Crippen LogP contribution in [0.1, 0.15) is 42.0 Å². The molecule has 110 valence electrons. The monoisotopic (exact) mass is 297 g/mol. The molecule has 0 aliphatic heterocycles. The predicted octanol–water partition coefficient (Wildman–Crippen LogP) is 4.76. The van der Waals surface area contributed by atoms with Crippen molar-refractivity contribution < 1.29 is 0 Å². The van der Waals surface area contributed by atoms with Crippen LogP contribution in [0.5, 0.6) is 0 Å². The highest BCUT2D eigenvalue weighted by atomic mass is 32.2. The third-order valence-corrected chi connectivity index (χ3v) is 5.83. The van der Waals surface area contributed by atoms with E-state index in [0.29, 0.717) is 17.2 Å². The number of hydrogen-bond acceptors (Lipinski definition) is 2. The normalized spacial score (nSPS) is 24.6. The first kappa shape index (κ1) is 14.7. The van der Waals surface area contributed by atoms with E-state index in [0.717, 1.165) is 5.75 Å². The predicted molar refractivity (Wildman–Crippen MR) is 92.8 cm³/mol. The van der Waals surface area contributed by atoms with Gasteiger partial charge >= 0.3 is 0 Å². The van der Waals surface area contributed by atoms with Gasteiger partial charge in [-0.2, -0.15) is 11.8 Å². The summed E-state index contributed by atoms with van der Waals surface area (Å²) in [5.41, 5.74) is 4.43. The van der Waals surface area contributed by atoms with Gasteiger partial charge in [-0.25, -0.2) is 0 Å². The van der Waals surface area contributed by atoms with E-state index >= 15 is 0 Å². The van der Waals surface area contributed by atoms with E-state index < -0.39 is 0 Å². The minimum atomic E-state index is 0.464. The van der Waals surface area contributed by atoms with Crippen molar-refractivity contribution in [3.05, 3.63) is 71.3 Å². The molecule has 0 saturated carbocycles. The van der Waals surface area contributed by atoms with Gasteiger partial charge < -0.3 is 5.32 Å². The van der Waals surface area contributed by atoms with Crippen molar-refractivity contribution in [1.82, 2.24) is 5.32 Å². The van der Waals surface area contributed by atoms with Crippen LogP contribution in [0.15, 0.2) is 54.6 Å². The van der Waals surface area contributed by atoms with Gasteiger partial charge in [-0.05, 0) is 36.1 Å². The Morgan fingerprint density at radius 1 is 1.00 bits per heavy atom. The molecule has 2 aromatic rings. The molecule has 0 heterocycles. The molecule has 0 fully saturated rings. The van der Waals surface area contributed by atoms with Crippen molar-refractivity contribution >= 4 is 11.8 Å². The molecule has 0 radical (unpaired) electrons. The number of fused-ring (bicyclic) bond motifs is 1. The summed E-state index contributed by atoms with van der Waals surface area (Å²) in [6.07, 6.45) is 1.25. The second-order valence-electron chi connectivity index (χ2n) is 5.87. The lowest BCUT2D eigenvalue weighted by molar-refractivity contribution is 0.473. The number of rotatable bonds is 4. The smallest absolute Gasteiger partial charge is 0.0441 e. The Morgan fingerprint density at radius 3 is 2.38 bits per heavy atom. The van der Waals surface area contributed by atoms with Gasteiger partial charge in [-0.1, -0.05) is 61.5 Å². The molecule has 2 heteroatoms. The quantitative estimate of drug-likeness (QED) is 0.873. The first-order valence-electron chi connectivity index (χ1n) is 7.71. The van der Waals surface area contributed by atoms with Gasteiger partial charge in [0.05, 0.1) is 0 Å². The zero-order valence-corrected chi connectivity index (χ0v) is 13.6. The molecule has 3 rings (SSSR count). The lowest BCUT2D eigenvalue weighted by Crippen LogP contribution is -2.33. The van der Waals surface area contributed by atoms with Gasteiger partial charge in [0.1, 0.15) is 0 Å². The standard InChI is InChI=1S/C19H23NS/c1-14-12-18(21-13-15-8-4-3-5-9-15)19(20-2)17-11-7-6-10-16(14)17/h3-11,14,18-20H,12-13H2,1-2H3. The van der Waals surface area contributed by atoms with Crippen molar-refractivity contribution in [3.8, 4) is 0 Å². The van der Waals surface area contributed by atoms with Crippen molar-refractivity contribution in [3.63, 3.8) is 0 Å². The number of benzene rings is 2. The van der Waals surface area contributed by atoms with Crippen molar-refractivity contribution in [1.29, 1.82) is 0 Å². The van der Waals surface area contributed by atoms with E-state index in [4.69, 9.17) is 0 Å². The molecule has 2 aromatic carbocycles. The Kier molecular flexibility index (Phi) is 4.67. The molecule has 3 atom stereocenters. The van der Waals surface area contributed by atoms with Crippen LogP contribution in [0, 0.1) is 0 Å². The minimum absolute atomic E-state index is 0.464. The summed E-state index contributed by atoms with van der Waals surface area (Å²) in [7, 11) is 2.09. The highest BCUT2D eigenvalue weighted by Crippen LogP contribution is 2.43. The average Bonchev–Trinajstić information content (AvgIpc) is 2.54. The van der Waals surface area contributed by atoms with E-state index in [1.807, 2.05) is 0 Å². The maximum atomic E-state index is 3.55. The van der Waals surface area contributed by atoms with Crippen LogP contribution in [-0.2, 0) is 5.75 Å². The third kappa shape index (κ3) is 3.17. The SMILES string of the molecule is CNC1c2ccccc2C(C)CC1SCc1ccccc1. The van der Waals surface area contributed by atoms with Gasteiger partial charge in [-0.15, -0.1) is 0 Å². The summed E-state index contributed by atoms with van der Waals surface area (Å²) in [6.45, 7) is 2.36. The molecular weight excluding hydrogens is 274 g/mol. The molecule has 0 saturated heterocycles. The van der Waals surface area contributed by atoms with Gasteiger partial charge in [0.2, 0.25) is 0 Å². The van der Waals surface area contributed by atoms with Crippen LogP contribution >= 0.6 is 11.8 Å². The van der Waals surface area contributed by atoms with Gasteiger partial charge in [0.25, 0.3) is 0 Å². The van der Waals surface area contributed by atoms with E-state index in [1.54, 1.807) is 0 Å². The Balaban J connectivity index is 1.77. The summed E-state index contributed by atoms with van der Waals surface area (Å²) in [5, 5.41) is 4.19. The second kappa shape index (κ2) is 6.67. The molecule has 1 aliphatic rings. The third-order valence-electron chi connectivity index (χ3n) is 4.44. The molecule has 1 N–H and O–H groups in total. The van der Waals surface area contributed by atoms with E-state index in [2.05, 4.69) is 85.6 Å². The fraction of sp³-hybridized carbons (Fsp3) is 0.368. The van der Waals surface area contributed by atoms with E-state index in [9.17, 15) is 0 Å². The fourth-order valence-electron chi connectivity index (χ4n) is 3.34. The Morgan fingerprint density at radius 2 is 1.67 bits per heavy atom. The van der Waals surface area contributed by atoms with Gasteiger partial charge in [-0.3, -0.25) is 0 Å². The first-order valence-corrected chi connectivity index (χ1v) is 8.76. The zero-order chi connectivity index (χ0) is 14.7. The summed E-state index contributed by atoms with van der Waals surface area (Å²) < 4.78 is 0. The fourth-order valence-corrected chi connectivity index (χ4v) is 4.84. The average molecular weight is 297 g/mol. The highest BCUT2D eigenvalue weighted by molar-refractivity contribution is 7.99. The van der Waals surface area contributed by atoms with Crippen molar-refractivity contribution in [2.24, 2.45) is 0 Å². The van der Waals surface area contributed by atoms with Crippen LogP contribution in [-0.4, -0.2) is 12.3 Å². The van der Waals surface area contributed by atoms with Crippen LogP contribution in [0.4, 0.5) is 0 Å². The van der Waals surface area contributed by atoms with Crippen molar-refractivity contribution in [2.75, 3.05) is 7.05 Å². The summed E-state index contributed by atoms with van der Waals surface area (Å²) in [6, 6.07) is 20.2. The maximum absolute atomic E-state index is 3.55. The second-order valence-corrected chi connectivity index (χ2v) is 7.09. The zero-order valence-electron chi connectivity index (χ0n) is 12.8. The number of thioether (sulfide) groups is 1. The highest BCUT2D eigenvalue weighted by Gasteiger charge is 2.32. The molecule has 0 amide bonds. The summed E-state index contributed by atoms with van der Waals surface area (Å²) >= 11 is 2.09. The van der Waals surface area contributed by atoms with E-state index in [1.165, 1.54) is 23.1 Å². The molecule has 21 heavy (non-hydrogen) atoms. The summed E-state index contributed by atoms with van der Waals surface area (Å²) in [5.74, 6) is 1.75. The number of hydrogen-bond donors (Lipinski definition) is 1. The first-order chi connectivity index (χ1) is 10.3. The van der Waals surface area contributed by atoms with Gasteiger partial charge in [0, 0.05) is 17.0 Å². The largest absolute Gasteiger partial charge is 0.312 e. The minimum Gasteiger partial charge on any atom is -0.312 e. The molecule has 0 spiro atoms. The van der Waals surface area contributed by atoms with Crippen LogP contribution < -0.4 is 5.32 Å². The van der Waals surface area contributed by atoms with E-state index in [-0.39, 0.29) is 0 Å². The molecule has 1 nitrogen and oxygen atoms in total. The molecule has 0 aromatic heterocycles. The Labute approximate surface area is 132 Å². The number of nitrogens with one attached hydrogen (secondary N) is 1.